The molecule has 0 radical (unpaired) electrons. The lowest BCUT2D eigenvalue weighted by atomic mass is 10.1. The first-order valence-corrected chi connectivity index (χ1v) is 7.19. The van der Waals surface area contributed by atoms with Gasteiger partial charge in [-0.05, 0) is 31.5 Å². The average molecular weight is 315 g/mol. The summed E-state index contributed by atoms with van der Waals surface area (Å²) in [6.07, 6.45) is 0.157. The van der Waals surface area contributed by atoms with Crippen molar-refractivity contribution in [3.05, 3.63) is 41.1 Å². The van der Waals surface area contributed by atoms with Crippen molar-refractivity contribution in [1.82, 2.24) is 4.98 Å². The Bertz CT molecular complexity index is 729. The van der Waals surface area contributed by atoms with Crippen molar-refractivity contribution in [2.75, 3.05) is 25.3 Å². The summed E-state index contributed by atoms with van der Waals surface area (Å²) in [6.45, 7) is 3.85. The van der Waals surface area contributed by atoms with Gasteiger partial charge in [-0.1, -0.05) is 6.07 Å². The first-order chi connectivity index (χ1) is 10.9. The number of carbonyl (C=O) groups is 1. The van der Waals surface area contributed by atoms with Crippen molar-refractivity contribution in [1.29, 1.82) is 0 Å². The van der Waals surface area contributed by atoms with Gasteiger partial charge in [0.05, 0.1) is 26.3 Å². The number of aromatic nitrogens is 1. The lowest BCUT2D eigenvalue weighted by Gasteiger charge is -2.14. The Labute approximate surface area is 135 Å². The summed E-state index contributed by atoms with van der Waals surface area (Å²) in [6, 6.07) is 7.40. The van der Waals surface area contributed by atoms with Crippen LogP contribution in [0.2, 0.25) is 0 Å². The minimum atomic E-state index is -0.316. The van der Waals surface area contributed by atoms with Gasteiger partial charge < -0.3 is 20.5 Å². The predicted molar refractivity (Wildman–Crippen MR) is 90.1 cm³/mol. The van der Waals surface area contributed by atoms with Crippen molar-refractivity contribution < 1.29 is 14.3 Å². The van der Waals surface area contributed by atoms with Crippen LogP contribution >= 0.6 is 0 Å². The molecule has 122 valence electrons. The van der Waals surface area contributed by atoms with E-state index in [2.05, 4.69) is 15.0 Å². The van der Waals surface area contributed by atoms with Crippen LogP contribution in [0, 0.1) is 13.8 Å². The fourth-order valence-electron chi connectivity index (χ4n) is 2.27. The van der Waals surface area contributed by atoms with Crippen LogP contribution in [-0.2, 0) is 16.0 Å². The molecule has 0 aliphatic carbocycles. The standard InChI is InChI=1S/C17H21N3O3/c1-10-7-11(2)19-17(16(10)18)20-13-6-5-12(8-15(21)23-4)14(9-13)22-3/h5-7,9H,8,18H2,1-4H3,(H,19,20). The van der Waals surface area contributed by atoms with Gasteiger partial charge in [0.25, 0.3) is 0 Å². The number of rotatable bonds is 5. The number of nitrogens with zero attached hydrogens (tertiary/aromatic N) is 1. The fourth-order valence-corrected chi connectivity index (χ4v) is 2.27. The van der Waals surface area contributed by atoms with E-state index in [4.69, 9.17) is 10.5 Å². The zero-order valence-electron chi connectivity index (χ0n) is 13.8. The minimum Gasteiger partial charge on any atom is -0.496 e. The number of aryl methyl sites for hydroxylation is 2. The van der Waals surface area contributed by atoms with E-state index in [1.807, 2.05) is 32.0 Å². The average Bonchev–Trinajstić information content (AvgIpc) is 2.53. The number of carbonyl (C=O) groups excluding carboxylic acids is 1. The van der Waals surface area contributed by atoms with Crippen LogP contribution in [-0.4, -0.2) is 25.2 Å². The van der Waals surface area contributed by atoms with E-state index >= 15 is 0 Å². The van der Waals surface area contributed by atoms with E-state index in [1.54, 1.807) is 13.2 Å². The Balaban J connectivity index is 2.30. The number of esters is 1. The summed E-state index contributed by atoms with van der Waals surface area (Å²) in [5.74, 6) is 0.887. The van der Waals surface area contributed by atoms with E-state index in [0.29, 0.717) is 17.3 Å². The molecule has 2 aromatic rings. The number of ether oxygens (including phenoxy) is 2. The number of benzene rings is 1. The number of methoxy groups -OCH3 is 2. The molecule has 0 unspecified atom stereocenters. The first kappa shape index (κ1) is 16.6. The number of anilines is 3. The third-order valence-corrected chi connectivity index (χ3v) is 3.51. The van der Waals surface area contributed by atoms with Gasteiger partial charge in [-0.3, -0.25) is 4.79 Å². The molecule has 0 amide bonds. The Morgan fingerprint density at radius 1 is 1.26 bits per heavy atom. The van der Waals surface area contributed by atoms with Crippen LogP contribution in [0.3, 0.4) is 0 Å². The van der Waals surface area contributed by atoms with E-state index in [9.17, 15) is 4.79 Å². The molecule has 6 heteroatoms. The second-order valence-corrected chi connectivity index (χ2v) is 5.25. The molecule has 23 heavy (non-hydrogen) atoms. The lowest BCUT2D eigenvalue weighted by molar-refractivity contribution is -0.139. The Kier molecular flexibility index (Phi) is 5.05. The molecule has 1 aromatic heterocycles. The summed E-state index contributed by atoms with van der Waals surface area (Å²) in [5.41, 5.74) is 10.1. The molecule has 1 aromatic carbocycles. The minimum absolute atomic E-state index is 0.157. The predicted octanol–water partition coefficient (Wildman–Crippen LogP) is 2.75. The second-order valence-electron chi connectivity index (χ2n) is 5.25. The van der Waals surface area contributed by atoms with Crippen LogP contribution in [0.5, 0.6) is 5.75 Å². The molecule has 6 nitrogen and oxygen atoms in total. The van der Waals surface area contributed by atoms with Crippen LogP contribution in [0.1, 0.15) is 16.8 Å². The van der Waals surface area contributed by atoms with Gasteiger partial charge in [0.1, 0.15) is 5.75 Å². The van der Waals surface area contributed by atoms with Gasteiger partial charge in [-0.25, -0.2) is 4.98 Å². The number of nitrogen functional groups attached to an aromatic ring is 1. The highest BCUT2D eigenvalue weighted by Gasteiger charge is 2.11. The number of nitrogens with one attached hydrogen (secondary N) is 1. The highest BCUT2D eigenvalue weighted by molar-refractivity contribution is 5.75. The molecular weight excluding hydrogens is 294 g/mol. The largest absolute Gasteiger partial charge is 0.496 e. The van der Waals surface area contributed by atoms with Gasteiger partial charge in [-0.2, -0.15) is 0 Å². The van der Waals surface area contributed by atoms with Crippen LogP contribution in [0.4, 0.5) is 17.2 Å². The molecule has 0 aliphatic rings. The van der Waals surface area contributed by atoms with E-state index < -0.39 is 0 Å². The highest BCUT2D eigenvalue weighted by atomic mass is 16.5. The third-order valence-electron chi connectivity index (χ3n) is 3.51. The molecule has 2 rings (SSSR count). The fraction of sp³-hybridized carbons (Fsp3) is 0.294. The van der Waals surface area contributed by atoms with E-state index in [0.717, 1.165) is 22.5 Å². The second kappa shape index (κ2) is 7.00. The molecule has 0 aliphatic heterocycles. The third kappa shape index (κ3) is 3.91. The van der Waals surface area contributed by atoms with Gasteiger partial charge >= 0.3 is 5.97 Å². The van der Waals surface area contributed by atoms with Gasteiger partial charge in [-0.15, -0.1) is 0 Å². The van der Waals surface area contributed by atoms with Crippen molar-refractivity contribution in [2.45, 2.75) is 20.3 Å². The SMILES string of the molecule is COC(=O)Cc1ccc(Nc2nc(C)cc(C)c2N)cc1OC. The first-order valence-electron chi connectivity index (χ1n) is 7.19. The van der Waals surface area contributed by atoms with E-state index in [-0.39, 0.29) is 12.4 Å². The summed E-state index contributed by atoms with van der Waals surface area (Å²) in [7, 11) is 2.92. The van der Waals surface area contributed by atoms with Crippen LogP contribution in [0.15, 0.2) is 24.3 Å². The molecular formula is C17H21N3O3. The molecule has 0 saturated heterocycles. The number of pyridine rings is 1. The van der Waals surface area contributed by atoms with Gasteiger partial charge in [0.15, 0.2) is 5.82 Å². The number of hydrogen-bond donors (Lipinski definition) is 2. The monoisotopic (exact) mass is 315 g/mol. The molecule has 0 fully saturated rings. The summed E-state index contributed by atoms with van der Waals surface area (Å²) < 4.78 is 10.0. The maximum Gasteiger partial charge on any atom is 0.310 e. The Morgan fingerprint density at radius 2 is 2.00 bits per heavy atom. The maximum atomic E-state index is 11.4. The maximum absolute atomic E-state index is 11.4. The number of nitrogens with two attached hydrogens (primary N) is 1. The lowest BCUT2D eigenvalue weighted by Crippen LogP contribution is -2.07. The van der Waals surface area contributed by atoms with Crippen LogP contribution in [0.25, 0.3) is 0 Å². The van der Waals surface area contributed by atoms with Crippen molar-refractivity contribution in [3.63, 3.8) is 0 Å². The summed E-state index contributed by atoms with van der Waals surface area (Å²) in [5, 5.41) is 3.19. The quantitative estimate of drug-likeness (QED) is 0.825. The zero-order chi connectivity index (χ0) is 17.0. The Hall–Kier alpha value is -2.76. The highest BCUT2D eigenvalue weighted by Crippen LogP contribution is 2.29. The normalized spacial score (nSPS) is 10.3. The molecule has 0 spiro atoms. The topological polar surface area (TPSA) is 86.5 Å². The summed E-state index contributed by atoms with van der Waals surface area (Å²) in [4.78, 5) is 15.8. The van der Waals surface area contributed by atoms with Gasteiger partial charge in [0.2, 0.25) is 0 Å². The molecule has 0 atom stereocenters. The van der Waals surface area contributed by atoms with Crippen LogP contribution < -0.4 is 15.8 Å². The zero-order valence-corrected chi connectivity index (χ0v) is 13.8. The smallest absolute Gasteiger partial charge is 0.310 e. The summed E-state index contributed by atoms with van der Waals surface area (Å²) >= 11 is 0. The van der Waals surface area contributed by atoms with Crippen molar-refractivity contribution in [3.8, 4) is 5.75 Å². The molecule has 0 bridgehead atoms. The molecule has 1 heterocycles. The number of hydrogen-bond acceptors (Lipinski definition) is 6. The Morgan fingerprint density at radius 3 is 2.65 bits per heavy atom. The van der Waals surface area contributed by atoms with Crippen molar-refractivity contribution in [2.24, 2.45) is 0 Å². The molecule has 3 N–H and O–H groups in total. The van der Waals surface area contributed by atoms with E-state index in [1.165, 1.54) is 7.11 Å². The van der Waals surface area contributed by atoms with Gasteiger partial charge in [0, 0.05) is 23.0 Å². The van der Waals surface area contributed by atoms with Crippen molar-refractivity contribution >= 4 is 23.2 Å². The molecule has 0 saturated carbocycles.